The SMILES string of the molecule is O=C1CC(S(=O)(=O)F)CN1c1ccc([N+](=O)[O-])c2ccccc12. The maximum absolute atomic E-state index is 13.1. The molecule has 23 heavy (non-hydrogen) atoms. The maximum atomic E-state index is 13.1. The summed E-state index contributed by atoms with van der Waals surface area (Å²) in [7, 11) is -4.82. The summed E-state index contributed by atoms with van der Waals surface area (Å²) in [6.07, 6.45) is -0.440. The zero-order chi connectivity index (χ0) is 16.8. The monoisotopic (exact) mass is 338 g/mol. The Hall–Kier alpha value is -2.55. The fourth-order valence-corrected chi connectivity index (χ4v) is 3.43. The van der Waals surface area contributed by atoms with Crippen molar-refractivity contribution >= 4 is 38.3 Å². The van der Waals surface area contributed by atoms with Crippen molar-refractivity contribution in [2.75, 3.05) is 11.4 Å². The Kier molecular flexibility index (Phi) is 3.52. The Morgan fingerprint density at radius 1 is 1.17 bits per heavy atom. The van der Waals surface area contributed by atoms with Gasteiger partial charge in [0.1, 0.15) is 5.25 Å². The average Bonchev–Trinajstić information content (AvgIpc) is 2.88. The summed E-state index contributed by atoms with van der Waals surface area (Å²) in [5.74, 6) is -0.532. The third-order valence-electron chi connectivity index (χ3n) is 3.85. The van der Waals surface area contributed by atoms with Crippen molar-refractivity contribution in [3.05, 3.63) is 46.5 Å². The lowest BCUT2D eigenvalue weighted by Gasteiger charge is -2.18. The predicted octanol–water partition coefficient (Wildman–Crippen LogP) is 2.15. The van der Waals surface area contributed by atoms with Crippen LogP contribution in [0.15, 0.2) is 36.4 Å². The average molecular weight is 338 g/mol. The highest BCUT2D eigenvalue weighted by molar-refractivity contribution is 7.87. The quantitative estimate of drug-likeness (QED) is 0.485. The number of fused-ring (bicyclic) bond motifs is 1. The smallest absolute Gasteiger partial charge is 0.307 e. The van der Waals surface area contributed by atoms with E-state index in [1.54, 1.807) is 24.3 Å². The standard InChI is InChI=1S/C14H11FN2O5S/c15-23(21,22)9-7-14(18)16(8-9)12-5-6-13(17(19)20)11-4-2-1-3-10(11)12/h1-6,9H,7-8H2. The van der Waals surface area contributed by atoms with E-state index in [0.29, 0.717) is 16.5 Å². The van der Waals surface area contributed by atoms with Crippen LogP contribution in [0.1, 0.15) is 6.42 Å². The van der Waals surface area contributed by atoms with Gasteiger partial charge in [0.2, 0.25) is 5.91 Å². The molecule has 120 valence electrons. The van der Waals surface area contributed by atoms with Gasteiger partial charge in [-0.2, -0.15) is 8.42 Å². The third kappa shape index (κ3) is 2.63. The summed E-state index contributed by atoms with van der Waals surface area (Å²) in [6, 6.07) is 9.05. The molecule has 1 atom stereocenters. The molecule has 2 aromatic rings. The van der Waals surface area contributed by atoms with Gasteiger partial charge in [-0.1, -0.05) is 18.2 Å². The van der Waals surface area contributed by atoms with Crippen molar-refractivity contribution in [3.63, 3.8) is 0 Å². The molecule has 0 aliphatic carbocycles. The summed E-state index contributed by atoms with van der Waals surface area (Å²) in [4.78, 5) is 23.8. The molecule has 0 spiro atoms. The van der Waals surface area contributed by atoms with Gasteiger partial charge in [0, 0.05) is 24.4 Å². The highest BCUT2D eigenvalue weighted by atomic mass is 32.3. The lowest BCUT2D eigenvalue weighted by molar-refractivity contribution is -0.383. The fraction of sp³-hybridized carbons (Fsp3) is 0.214. The number of nitro groups is 1. The van der Waals surface area contributed by atoms with Gasteiger partial charge in [0.15, 0.2) is 0 Å². The highest BCUT2D eigenvalue weighted by Gasteiger charge is 2.39. The van der Waals surface area contributed by atoms with Crippen LogP contribution in [0.5, 0.6) is 0 Å². The van der Waals surface area contributed by atoms with Crippen molar-refractivity contribution in [2.45, 2.75) is 11.7 Å². The maximum Gasteiger partial charge on any atom is 0.307 e. The lowest BCUT2D eigenvalue weighted by atomic mass is 10.1. The normalized spacial score (nSPS) is 18.6. The Morgan fingerprint density at radius 3 is 2.39 bits per heavy atom. The molecule has 0 saturated carbocycles. The molecule has 0 radical (unpaired) electrons. The van der Waals surface area contributed by atoms with Crippen molar-refractivity contribution in [3.8, 4) is 0 Å². The van der Waals surface area contributed by atoms with Crippen LogP contribution in [0.2, 0.25) is 0 Å². The molecule has 1 heterocycles. The molecule has 1 aliphatic rings. The number of hydrogen-bond donors (Lipinski definition) is 0. The van der Waals surface area contributed by atoms with Crippen molar-refractivity contribution in [1.29, 1.82) is 0 Å². The molecular formula is C14H11FN2O5S. The number of nitro benzene ring substituents is 1. The van der Waals surface area contributed by atoms with Crippen LogP contribution in [0.25, 0.3) is 10.8 Å². The van der Waals surface area contributed by atoms with E-state index in [1.807, 2.05) is 0 Å². The van der Waals surface area contributed by atoms with E-state index in [1.165, 1.54) is 12.1 Å². The van der Waals surface area contributed by atoms with Crippen LogP contribution in [-0.4, -0.2) is 31.0 Å². The molecule has 7 nitrogen and oxygen atoms in total. The molecule has 0 aromatic heterocycles. The first-order valence-electron chi connectivity index (χ1n) is 6.69. The molecule has 1 saturated heterocycles. The van der Waals surface area contributed by atoms with Crippen LogP contribution in [0.3, 0.4) is 0 Å². The van der Waals surface area contributed by atoms with Crippen LogP contribution < -0.4 is 4.90 Å². The van der Waals surface area contributed by atoms with E-state index in [0.717, 1.165) is 4.90 Å². The van der Waals surface area contributed by atoms with Crippen molar-refractivity contribution in [1.82, 2.24) is 0 Å². The molecule has 0 bridgehead atoms. The minimum absolute atomic E-state index is 0.120. The number of hydrogen-bond acceptors (Lipinski definition) is 5. The topological polar surface area (TPSA) is 97.6 Å². The van der Waals surface area contributed by atoms with Gasteiger partial charge in [-0.15, -0.1) is 3.89 Å². The molecule has 1 amide bonds. The first kappa shape index (κ1) is 15.3. The zero-order valence-electron chi connectivity index (χ0n) is 11.7. The molecule has 1 unspecified atom stereocenters. The van der Waals surface area contributed by atoms with Crippen LogP contribution >= 0.6 is 0 Å². The lowest BCUT2D eigenvalue weighted by Crippen LogP contribution is -2.27. The minimum Gasteiger partial charge on any atom is -0.310 e. The van der Waals surface area contributed by atoms with Gasteiger partial charge in [-0.05, 0) is 12.1 Å². The molecule has 0 N–H and O–H groups in total. The molecule has 9 heteroatoms. The first-order valence-corrected chi connectivity index (χ1v) is 8.13. The van der Waals surface area contributed by atoms with E-state index in [4.69, 9.17) is 0 Å². The summed E-state index contributed by atoms with van der Waals surface area (Å²) in [5, 5.41) is 10.4. The first-order chi connectivity index (χ1) is 10.8. The Balaban J connectivity index is 2.13. The van der Waals surface area contributed by atoms with Gasteiger partial charge in [-0.25, -0.2) is 0 Å². The number of nitrogens with zero attached hydrogens (tertiary/aromatic N) is 2. The summed E-state index contributed by atoms with van der Waals surface area (Å²) in [6.45, 7) is -0.306. The molecule has 1 aliphatic heterocycles. The minimum atomic E-state index is -4.82. The van der Waals surface area contributed by atoms with Crippen LogP contribution in [-0.2, 0) is 15.0 Å². The van der Waals surface area contributed by atoms with Gasteiger partial charge >= 0.3 is 10.2 Å². The Bertz CT molecular complexity index is 928. The number of carbonyl (C=O) groups is 1. The van der Waals surface area contributed by atoms with E-state index >= 15 is 0 Å². The van der Waals surface area contributed by atoms with Gasteiger partial charge in [-0.3, -0.25) is 14.9 Å². The largest absolute Gasteiger partial charge is 0.310 e. The predicted molar refractivity (Wildman–Crippen MR) is 81.4 cm³/mol. The summed E-state index contributed by atoms with van der Waals surface area (Å²) < 4.78 is 35.2. The number of rotatable bonds is 3. The fourth-order valence-electron chi connectivity index (χ4n) is 2.76. The van der Waals surface area contributed by atoms with Crippen LogP contribution in [0, 0.1) is 10.1 Å². The van der Waals surface area contributed by atoms with Gasteiger partial charge < -0.3 is 4.90 Å². The second kappa shape index (κ2) is 5.27. The molecule has 3 rings (SSSR count). The Labute approximate surface area is 130 Å². The van der Waals surface area contributed by atoms with E-state index in [2.05, 4.69) is 0 Å². The molecule has 2 aromatic carbocycles. The van der Waals surface area contributed by atoms with Crippen molar-refractivity contribution in [2.24, 2.45) is 0 Å². The van der Waals surface area contributed by atoms with E-state index < -0.39 is 32.7 Å². The number of amides is 1. The Morgan fingerprint density at radius 2 is 1.83 bits per heavy atom. The second-order valence-corrected chi connectivity index (χ2v) is 6.83. The van der Waals surface area contributed by atoms with Crippen molar-refractivity contribution < 1.29 is 22.0 Å². The van der Waals surface area contributed by atoms with Gasteiger partial charge in [0.25, 0.3) is 5.69 Å². The summed E-state index contributed by atoms with van der Waals surface area (Å²) in [5.41, 5.74) is 0.216. The van der Waals surface area contributed by atoms with Crippen LogP contribution in [0.4, 0.5) is 15.3 Å². The number of halogens is 1. The zero-order valence-corrected chi connectivity index (χ0v) is 12.5. The number of carbonyl (C=O) groups excluding carboxylic acids is 1. The van der Waals surface area contributed by atoms with E-state index in [-0.39, 0.29) is 12.2 Å². The second-order valence-electron chi connectivity index (χ2n) is 5.21. The third-order valence-corrected chi connectivity index (χ3v) is 4.97. The molecule has 1 fully saturated rings. The van der Waals surface area contributed by atoms with Gasteiger partial charge in [0.05, 0.1) is 16.0 Å². The molecular weight excluding hydrogens is 327 g/mol. The number of anilines is 1. The van der Waals surface area contributed by atoms with E-state index in [9.17, 15) is 27.2 Å². The summed E-state index contributed by atoms with van der Waals surface area (Å²) >= 11 is 0. The number of non-ortho nitro benzene ring substituents is 1. The highest BCUT2D eigenvalue weighted by Crippen LogP contribution is 2.36. The number of benzene rings is 2.